The summed E-state index contributed by atoms with van der Waals surface area (Å²) in [5.74, 6) is -1.05. The van der Waals surface area contributed by atoms with E-state index in [-0.39, 0.29) is 18.1 Å². The molecule has 0 unspecified atom stereocenters. The number of aryl methyl sites for hydroxylation is 2. The molecule has 2 aromatic heterocycles. The van der Waals surface area contributed by atoms with Gasteiger partial charge >= 0.3 is 0 Å². The minimum Gasteiger partial charge on any atom is -0.496 e. The van der Waals surface area contributed by atoms with E-state index in [9.17, 15) is 13.6 Å². The van der Waals surface area contributed by atoms with Crippen molar-refractivity contribution in [2.45, 2.75) is 34.2 Å². The zero-order chi connectivity index (χ0) is 21.3. The summed E-state index contributed by atoms with van der Waals surface area (Å²) in [4.78, 5) is 17.2. The summed E-state index contributed by atoms with van der Waals surface area (Å²) in [6.45, 7) is 7.31. The molecule has 0 atom stereocenters. The van der Waals surface area contributed by atoms with E-state index in [4.69, 9.17) is 4.74 Å². The Bertz CT molecular complexity index is 1090. The van der Waals surface area contributed by atoms with E-state index in [1.165, 1.54) is 10.7 Å². The Morgan fingerprint density at radius 1 is 1.21 bits per heavy atom. The van der Waals surface area contributed by atoms with Crippen LogP contribution in [0.15, 0.2) is 24.4 Å². The first-order chi connectivity index (χ1) is 13.7. The number of pyridine rings is 1. The molecule has 0 spiro atoms. The van der Waals surface area contributed by atoms with Crippen LogP contribution in [0.5, 0.6) is 5.75 Å². The number of nitrogens with one attached hydrogen (secondary N) is 1. The lowest BCUT2D eigenvalue weighted by atomic mass is 10.1. The average molecular weight is 400 g/mol. The standard InChI is InChI=1S/C21H22F2N4O2/c1-11-9-24-17(12(2)20(11)29-5)10-25-21(28)19-13(3)26-27(14(19)4)18-7-6-15(22)8-16(18)23/h6-9H,10H2,1-5H3,(H,25,28). The molecule has 0 saturated heterocycles. The Morgan fingerprint density at radius 3 is 2.59 bits per heavy atom. The second kappa shape index (κ2) is 7.98. The van der Waals surface area contributed by atoms with Crippen LogP contribution >= 0.6 is 0 Å². The van der Waals surface area contributed by atoms with Crippen molar-refractivity contribution in [1.82, 2.24) is 20.1 Å². The fourth-order valence-electron chi connectivity index (χ4n) is 3.36. The number of hydrogen-bond donors (Lipinski definition) is 1. The molecule has 152 valence electrons. The van der Waals surface area contributed by atoms with Crippen molar-refractivity contribution >= 4 is 5.91 Å². The molecule has 1 aromatic carbocycles. The van der Waals surface area contributed by atoms with Crippen molar-refractivity contribution in [3.63, 3.8) is 0 Å². The van der Waals surface area contributed by atoms with Gasteiger partial charge in [0.1, 0.15) is 17.3 Å². The van der Waals surface area contributed by atoms with Crippen LogP contribution in [0.2, 0.25) is 0 Å². The van der Waals surface area contributed by atoms with E-state index >= 15 is 0 Å². The Hall–Kier alpha value is -3.29. The summed E-state index contributed by atoms with van der Waals surface area (Å²) in [6, 6.07) is 3.22. The van der Waals surface area contributed by atoms with Crippen molar-refractivity contribution in [1.29, 1.82) is 0 Å². The van der Waals surface area contributed by atoms with Crippen LogP contribution in [-0.2, 0) is 6.54 Å². The van der Waals surface area contributed by atoms with Crippen molar-refractivity contribution in [3.05, 3.63) is 69.8 Å². The van der Waals surface area contributed by atoms with Gasteiger partial charge in [0, 0.05) is 23.4 Å². The van der Waals surface area contributed by atoms with Crippen molar-refractivity contribution in [2.24, 2.45) is 0 Å². The third-order valence-corrected chi connectivity index (χ3v) is 4.82. The Labute approximate surface area is 167 Å². The lowest BCUT2D eigenvalue weighted by Crippen LogP contribution is -2.25. The second-order valence-corrected chi connectivity index (χ2v) is 6.78. The highest BCUT2D eigenvalue weighted by atomic mass is 19.1. The van der Waals surface area contributed by atoms with Gasteiger partial charge in [0.15, 0.2) is 5.82 Å². The molecule has 8 heteroatoms. The molecule has 0 aliphatic rings. The van der Waals surface area contributed by atoms with E-state index in [0.717, 1.165) is 29.0 Å². The van der Waals surface area contributed by atoms with Gasteiger partial charge in [0.25, 0.3) is 5.91 Å². The first-order valence-electron chi connectivity index (χ1n) is 9.03. The number of methoxy groups -OCH3 is 1. The molecule has 0 bridgehead atoms. The zero-order valence-electron chi connectivity index (χ0n) is 16.9. The highest BCUT2D eigenvalue weighted by Crippen LogP contribution is 2.24. The third-order valence-electron chi connectivity index (χ3n) is 4.82. The van der Waals surface area contributed by atoms with Gasteiger partial charge in [-0.25, -0.2) is 13.5 Å². The van der Waals surface area contributed by atoms with Gasteiger partial charge in [0.05, 0.1) is 36.3 Å². The smallest absolute Gasteiger partial charge is 0.255 e. The summed E-state index contributed by atoms with van der Waals surface area (Å²) in [6.07, 6.45) is 1.69. The number of amides is 1. The molecule has 0 saturated carbocycles. The summed E-state index contributed by atoms with van der Waals surface area (Å²) in [5.41, 5.74) is 3.76. The maximum atomic E-state index is 14.2. The number of nitrogens with zero attached hydrogens (tertiary/aromatic N) is 3. The maximum absolute atomic E-state index is 14.2. The van der Waals surface area contributed by atoms with Gasteiger partial charge in [-0.05, 0) is 39.8 Å². The number of carbonyl (C=O) groups is 1. The Balaban J connectivity index is 1.87. The number of carbonyl (C=O) groups excluding carboxylic acids is 1. The van der Waals surface area contributed by atoms with Gasteiger partial charge in [-0.2, -0.15) is 5.10 Å². The van der Waals surface area contributed by atoms with Crippen molar-refractivity contribution < 1.29 is 18.3 Å². The van der Waals surface area contributed by atoms with Crippen LogP contribution in [0.25, 0.3) is 5.69 Å². The molecule has 1 amide bonds. The highest BCUT2D eigenvalue weighted by molar-refractivity contribution is 5.96. The molecule has 1 N–H and O–H groups in total. The lowest BCUT2D eigenvalue weighted by Gasteiger charge is -2.13. The Morgan fingerprint density at radius 2 is 1.93 bits per heavy atom. The molecule has 0 aliphatic carbocycles. The zero-order valence-corrected chi connectivity index (χ0v) is 16.9. The number of aromatic nitrogens is 3. The van der Waals surface area contributed by atoms with Gasteiger partial charge in [-0.1, -0.05) is 0 Å². The van der Waals surface area contributed by atoms with E-state index in [1.807, 2.05) is 13.8 Å². The number of hydrogen-bond acceptors (Lipinski definition) is 4. The first kappa shape index (κ1) is 20.4. The molecule has 29 heavy (non-hydrogen) atoms. The molecule has 3 rings (SSSR count). The molecular formula is C21H22F2N4O2. The van der Waals surface area contributed by atoms with Crippen molar-refractivity contribution in [2.75, 3.05) is 7.11 Å². The minimum atomic E-state index is -0.755. The number of rotatable bonds is 5. The topological polar surface area (TPSA) is 69.0 Å². The van der Waals surface area contributed by atoms with E-state index in [1.54, 1.807) is 27.2 Å². The number of ether oxygens (including phenoxy) is 1. The molecule has 2 heterocycles. The average Bonchev–Trinajstić information content (AvgIpc) is 2.95. The summed E-state index contributed by atoms with van der Waals surface area (Å²) in [5, 5.41) is 7.09. The fraction of sp³-hybridized carbons (Fsp3) is 0.286. The SMILES string of the molecule is COc1c(C)cnc(CNC(=O)c2c(C)nn(-c3ccc(F)cc3F)c2C)c1C. The molecule has 0 radical (unpaired) electrons. The summed E-state index contributed by atoms with van der Waals surface area (Å²) in [7, 11) is 1.59. The van der Waals surface area contributed by atoms with Crippen molar-refractivity contribution in [3.8, 4) is 11.4 Å². The normalized spacial score (nSPS) is 10.9. The van der Waals surface area contributed by atoms with Crippen LogP contribution in [0.3, 0.4) is 0 Å². The van der Waals surface area contributed by atoms with Gasteiger partial charge < -0.3 is 10.1 Å². The second-order valence-electron chi connectivity index (χ2n) is 6.78. The van der Waals surface area contributed by atoms with Crippen LogP contribution in [-0.4, -0.2) is 27.8 Å². The molecular weight excluding hydrogens is 378 g/mol. The Kier molecular flexibility index (Phi) is 5.63. The highest BCUT2D eigenvalue weighted by Gasteiger charge is 2.21. The molecule has 0 fully saturated rings. The first-order valence-corrected chi connectivity index (χ1v) is 9.03. The fourth-order valence-corrected chi connectivity index (χ4v) is 3.36. The van der Waals surface area contributed by atoms with Gasteiger partial charge in [0.2, 0.25) is 0 Å². The molecule has 3 aromatic rings. The summed E-state index contributed by atoms with van der Waals surface area (Å²) >= 11 is 0. The predicted molar refractivity (Wildman–Crippen MR) is 104 cm³/mol. The maximum Gasteiger partial charge on any atom is 0.255 e. The van der Waals surface area contributed by atoms with E-state index < -0.39 is 11.6 Å². The largest absolute Gasteiger partial charge is 0.496 e. The van der Waals surface area contributed by atoms with Crippen LogP contribution in [0.4, 0.5) is 8.78 Å². The number of benzene rings is 1. The lowest BCUT2D eigenvalue weighted by molar-refractivity contribution is 0.0949. The van der Waals surface area contributed by atoms with Gasteiger partial charge in [-0.3, -0.25) is 9.78 Å². The van der Waals surface area contributed by atoms with E-state index in [0.29, 0.717) is 22.6 Å². The monoisotopic (exact) mass is 400 g/mol. The van der Waals surface area contributed by atoms with Crippen LogP contribution < -0.4 is 10.1 Å². The van der Waals surface area contributed by atoms with Gasteiger partial charge in [-0.15, -0.1) is 0 Å². The van der Waals surface area contributed by atoms with E-state index in [2.05, 4.69) is 15.4 Å². The minimum absolute atomic E-state index is 0.0758. The molecule has 0 aliphatic heterocycles. The molecule has 6 nitrogen and oxygen atoms in total. The van der Waals surface area contributed by atoms with Crippen LogP contribution in [0.1, 0.15) is 38.6 Å². The quantitative estimate of drug-likeness (QED) is 0.709. The number of halogens is 2. The third kappa shape index (κ3) is 3.83. The summed E-state index contributed by atoms with van der Waals surface area (Å²) < 4.78 is 34.0. The predicted octanol–water partition coefficient (Wildman–Crippen LogP) is 3.72. The van der Waals surface area contributed by atoms with Crippen LogP contribution in [0, 0.1) is 39.3 Å².